The molecule has 162 valence electrons. The topological polar surface area (TPSA) is 65.4 Å². The van der Waals surface area contributed by atoms with Gasteiger partial charge in [-0.1, -0.05) is 42.5 Å². The van der Waals surface area contributed by atoms with E-state index in [1.807, 2.05) is 54.9 Å². The van der Waals surface area contributed by atoms with E-state index in [1.54, 1.807) is 20.3 Å². The standard InChI is InChI=1S/C26H25N3O3/c1-31-24-12-10-19(15-25(24)32-2)11-13-26(30)27-16-20-6-5-7-21(14-20)17-29-18-28-22-8-3-4-9-23(22)29/h3-15,18H,16-17H2,1-2H3,(H,27,30). The second-order valence-corrected chi connectivity index (χ2v) is 7.35. The predicted octanol–water partition coefficient (Wildman–Crippen LogP) is 4.43. The summed E-state index contributed by atoms with van der Waals surface area (Å²) in [4.78, 5) is 16.7. The van der Waals surface area contributed by atoms with Gasteiger partial charge >= 0.3 is 0 Å². The number of amides is 1. The fraction of sp³-hybridized carbons (Fsp3) is 0.154. The molecule has 4 rings (SSSR count). The lowest BCUT2D eigenvalue weighted by molar-refractivity contribution is -0.116. The first-order valence-corrected chi connectivity index (χ1v) is 10.3. The first-order chi connectivity index (χ1) is 15.7. The molecule has 0 aliphatic heterocycles. The molecule has 32 heavy (non-hydrogen) atoms. The van der Waals surface area contributed by atoms with E-state index >= 15 is 0 Å². The monoisotopic (exact) mass is 427 g/mol. The molecule has 0 fully saturated rings. The number of nitrogens with one attached hydrogen (secondary N) is 1. The molecule has 6 nitrogen and oxygen atoms in total. The summed E-state index contributed by atoms with van der Waals surface area (Å²) in [5, 5.41) is 2.94. The van der Waals surface area contributed by atoms with E-state index in [4.69, 9.17) is 9.47 Å². The van der Waals surface area contributed by atoms with Crippen LogP contribution in [0.1, 0.15) is 16.7 Å². The van der Waals surface area contributed by atoms with Crippen molar-refractivity contribution in [3.63, 3.8) is 0 Å². The molecule has 1 N–H and O–H groups in total. The van der Waals surface area contributed by atoms with Crippen molar-refractivity contribution >= 4 is 23.0 Å². The number of ether oxygens (including phenoxy) is 2. The molecular weight excluding hydrogens is 402 g/mol. The number of carbonyl (C=O) groups is 1. The number of rotatable bonds is 8. The number of hydrogen-bond acceptors (Lipinski definition) is 4. The molecule has 0 unspecified atom stereocenters. The summed E-state index contributed by atoms with van der Waals surface area (Å²) in [7, 11) is 3.18. The third-order valence-corrected chi connectivity index (χ3v) is 5.17. The molecule has 6 heteroatoms. The van der Waals surface area contributed by atoms with Gasteiger partial charge in [0.2, 0.25) is 5.91 Å². The highest BCUT2D eigenvalue weighted by Gasteiger charge is 2.05. The fourth-order valence-electron chi connectivity index (χ4n) is 3.55. The molecule has 0 saturated heterocycles. The van der Waals surface area contributed by atoms with Gasteiger partial charge in [-0.3, -0.25) is 4.79 Å². The van der Waals surface area contributed by atoms with Crippen LogP contribution in [0.5, 0.6) is 11.5 Å². The minimum atomic E-state index is -0.161. The van der Waals surface area contributed by atoms with Crippen LogP contribution in [0.3, 0.4) is 0 Å². The third-order valence-electron chi connectivity index (χ3n) is 5.17. The molecule has 0 radical (unpaired) electrons. The first-order valence-electron chi connectivity index (χ1n) is 10.3. The summed E-state index contributed by atoms with van der Waals surface area (Å²) in [5.74, 6) is 1.11. The van der Waals surface area contributed by atoms with Gasteiger partial charge in [0.15, 0.2) is 11.5 Å². The summed E-state index contributed by atoms with van der Waals surface area (Å²) < 4.78 is 12.7. The molecule has 1 amide bonds. The number of methoxy groups -OCH3 is 2. The van der Waals surface area contributed by atoms with E-state index in [0.29, 0.717) is 18.0 Å². The van der Waals surface area contributed by atoms with E-state index in [9.17, 15) is 4.79 Å². The van der Waals surface area contributed by atoms with Crippen molar-refractivity contribution in [3.8, 4) is 11.5 Å². The van der Waals surface area contributed by atoms with Crippen molar-refractivity contribution in [2.75, 3.05) is 14.2 Å². The Morgan fingerprint density at radius 3 is 2.62 bits per heavy atom. The smallest absolute Gasteiger partial charge is 0.244 e. The van der Waals surface area contributed by atoms with Crippen molar-refractivity contribution in [2.24, 2.45) is 0 Å². The van der Waals surface area contributed by atoms with Crippen LogP contribution >= 0.6 is 0 Å². The van der Waals surface area contributed by atoms with Crippen molar-refractivity contribution in [1.82, 2.24) is 14.9 Å². The number of imidazole rings is 1. The Balaban J connectivity index is 1.37. The van der Waals surface area contributed by atoms with Crippen molar-refractivity contribution in [3.05, 3.63) is 95.8 Å². The first kappa shape index (κ1) is 21.2. The lowest BCUT2D eigenvalue weighted by atomic mass is 10.1. The van der Waals surface area contributed by atoms with Gasteiger partial charge in [-0.15, -0.1) is 0 Å². The van der Waals surface area contributed by atoms with Crippen LogP contribution < -0.4 is 14.8 Å². The second-order valence-electron chi connectivity index (χ2n) is 7.35. The summed E-state index contributed by atoms with van der Waals surface area (Å²) >= 11 is 0. The fourth-order valence-corrected chi connectivity index (χ4v) is 3.55. The number of aromatic nitrogens is 2. The van der Waals surface area contributed by atoms with Crippen molar-refractivity contribution in [2.45, 2.75) is 13.1 Å². The summed E-state index contributed by atoms with van der Waals surface area (Å²) in [6.45, 7) is 1.18. The van der Waals surface area contributed by atoms with Crippen LogP contribution in [0.25, 0.3) is 17.1 Å². The number of benzene rings is 3. The lowest BCUT2D eigenvalue weighted by Gasteiger charge is -2.08. The van der Waals surface area contributed by atoms with Gasteiger partial charge in [0.1, 0.15) is 0 Å². The highest BCUT2D eigenvalue weighted by Crippen LogP contribution is 2.27. The van der Waals surface area contributed by atoms with Gasteiger partial charge in [0, 0.05) is 19.2 Å². The zero-order chi connectivity index (χ0) is 22.3. The number of carbonyl (C=O) groups excluding carboxylic acids is 1. The highest BCUT2D eigenvalue weighted by atomic mass is 16.5. The zero-order valence-corrected chi connectivity index (χ0v) is 18.1. The molecule has 0 bridgehead atoms. The maximum atomic E-state index is 12.3. The van der Waals surface area contributed by atoms with Crippen LogP contribution in [0.2, 0.25) is 0 Å². The van der Waals surface area contributed by atoms with Crippen LogP contribution in [0.15, 0.2) is 79.1 Å². The Morgan fingerprint density at radius 2 is 1.78 bits per heavy atom. The van der Waals surface area contributed by atoms with Crippen LogP contribution in [0, 0.1) is 0 Å². The Bertz CT molecular complexity index is 1260. The van der Waals surface area contributed by atoms with E-state index in [1.165, 1.54) is 6.08 Å². The third kappa shape index (κ3) is 4.98. The number of para-hydroxylation sites is 2. The summed E-state index contributed by atoms with van der Waals surface area (Å²) in [6.07, 6.45) is 5.12. The van der Waals surface area contributed by atoms with Gasteiger partial charge in [0.25, 0.3) is 0 Å². The second kappa shape index (κ2) is 9.83. The Labute approximate surface area is 187 Å². The van der Waals surface area contributed by atoms with E-state index in [0.717, 1.165) is 34.3 Å². The van der Waals surface area contributed by atoms with E-state index in [-0.39, 0.29) is 5.91 Å². The molecule has 0 atom stereocenters. The van der Waals surface area contributed by atoms with Gasteiger partial charge in [-0.2, -0.15) is 0 Å². The Hall–Kier alpha value is -4.06. The Kier molecular flexibility index (Phi) is 6.51. The molecule has 0 aliphatic rings. The lowest BCUT2D eigenvalue weighted by Crippen LogP contribution is -2.20. The molecule has 0 saturated carbocycles. The molecule has 0 aliphatic carbocycles. The number of hydrogen-bond donors (Lipinski definition) is 1. The quantitative estimate of drug-likeness (QED) is 0.423. The van der Waals surface area contributed by atoms with Gasteiger partial charge in [-0.05, 0) is 47.0 Å². The van der Waals surface area contributed by atoms with E-state index < -0.39 is 0 Å². The predicted molar refractivity (Wildman–Crippen MR) is 126 cm³/mol. The number of nitrogens with zero attached hydrogens (tertiary/aromatic N) is 2. The van der Waals surface area contributed by atoms with Gasteiger partial charge < -0.3 is 19.4 Å². The normalized spacial score (nSPS) is 11.1. The van der Waals surface area contributed by atoms with E-state index in [2.05, 4.69) is 33.1 Å². The van der Waals surface area contributed by atoms with Crippen LogP contribution in [0.4, 0.5) is 0 Å². The molecule has 0 spiro atoms. The average molecular weight is 428 g/mol. The maximum Gasteiger partial charge on any atom is 0.244 e. The minimum absolute atomic E-state index is 0.161. The van der Waals surface area contributed by atoms with Gasteiger partial charge in [-0.25, -0.2) is 4.98 Å². The summed E-state index contributed by atoms with van der Waals surface area (Å²) in [5.41, 5.74) is 5.14. The van der Waals surface area contributed by atoms with Gasteiger partial charge in [0.05, 0.1) is 31.6 Å². The zero-order valence-electron chi connectivity index (χ0n) is 18.1. The molecular formula is C26H25N3O3. The van der Waals surface area contributed by atoms with Crippen LogP contribution in [-0.4, -0.2) is 29.7 Å². The highest BCUT2D eigenvalue weighted by molar-refractivity contribution is 5.91. The molecule has 4 aromatic rings. The van der Waals surface area contributed by atoms with Crippen molar-refractivity contribution in [1.29, 1.82) is 0 Å². The molecule has 1 aromatic heterocycles. The Morgan fingerprint density at radius 1 is 0.969 bits per heavy atom. The van der Waals surface area contributed by atoms with Crippen molar-refractivity contribution < 1.29 is 14.3 Å². The largest absolute Gasteiger partial charge is 0.493 e. The average Bonchev–Trinajstić information content (AvgIpc) is 3.24. The van der Waals surface area contributed by atoms with Crippen LogP contribution in [-0.2, 0) is 17.9 Å². The molecule has 3 aromatic carbocycles. The molecule has 1 heterocycles. The minimum Gasteiger partial charge on any atom is -0.493 e. The maximum absolute atomic E-state index is 12.3. The SMILES string of the molecule is COc1ccc(C=CC(=O)NCc2cccc(Cn3cnc4ccccc43)c2)cc1OC. The number of fused-ring (bicyclic) bond motifs is 1. The summed E-state index contributed by atoms with van der Waals surface area (Å²) in [6, 6.07) is 21.8.